The number of hydrogen-bond acceptors (Lipinski definition) is 5. The predicted molar refractivity (Wildman–Crippen MR) is 133 cm³/mol. The fourth-order valence-electron chi connectivity index (χ4n) is 3.88. The Hall–Kier alpha value is -4.01. The van der Waals surface area contributed by atoms with Gasteiger partial charge in [0.15, 0.2) is 6.04 Å². The third kappa shape index (κ3) is 5.62. The molecule has 0 spiro atoms. The normalized spacial score (nSPS) is 12.5. The molecule has 2 aromatic heterocycles. The maximum atomic E-state index is 13.8. The number of nitrogens with one attached hydrogen (secondary N) is 1. The number of furan rings is 1. The smallest absolute Gasteiger partial charge is 0.251 e. The molecule has 8 nitrogen and oxygen atoms in total. The summed E-state index contributed by atoms with van der Waals surface area (Å²) in [4.78, 5) is 28.9. The van der Waals surface area contributed by atoms with Crippen LogP contribution in [0.15, 0.2) is 65.1 Å². The van der Waals surface area contributed by atoms with E-state index in [0.29, 0.717) is 34.5 Å². The molecule has 0 aliphatic rings. The van der Waals surface area contributed by atoms with Crippen molar-refractivity contribution in [3.63, 3.8) is 0 Å². The van der Waals surface area contributed by atoms with E-state index >= 15 is 0 Å². The van der Waals surface area contributed by atoms with Crippen LogP contribution in [0.4, 0.5) is 4.39 Å². The van der Waals surface area contributed by atoms with E-state index in [1.807, 2.05) is 45.0 Å². The van der Waals surface area contributed by atoms with Crippen LogP contribution in [0.1, 0.15) is 50.3 Å². The van der Waals surface area contributed by atoms with Gasteiger partial charge < -0.3 is 14.6 Å². The summed E-state index contributed by atoms with van der Waals surface area (Å²) in [7, 11) is 0. The first kappa shape index (κ1) is 25.1. The van der Waals surface area contributed by atoms with E-state index in [0.717, 1.165) is 0 Å². The first-order valence-corrected chi connectivity index (χ1v) is 11.9. The SMILES string of the molecule is CCC(C)(C)NC(=O)[C@H](c1ccc(C)o1)N(Cc1ccc(F)cc1)C(=O)Cn1nnc2ccccc21. The summed E-state index contributed by atoms with van der Waals surface area (Å²) in [6.45, 7) is 7.52. The van der Waals surface area contributed by atoms with Gasteiger partial charge in [0.1, 0.15) is 29.4 Å². The number of nitrogens with zero attached hydrogens (tertiary/aromatic N) is 4. The monoisotopic (exact) mass is 491 g/mol. The minimum Gasteiger partial charge on any atom is -0.464 e. The first-order chi connectivity index (χ1) is 17.2. The Morgan fingerprint density at radius 3 is 2.50 bits per heavy atom. The van der Waals surface area contributed by atoms with Crippen LogP contribution in [0.5, 0.6) is 0 Å². The van der Waals surface area contributed by atoms with Gasteiger partial charge in [-0.2, -0.15) is 0 Å². The molecule has 9 heteroatoms. The standard InChI is InChI=1S/C27H30FN5O3/c1-5-27(3,4)29-26(35)25(23-15-10-18(2)36-23)32(16-19-11-13-20(28)14-12-19)24(34)17-33-22-9-7-6-8-21(22)30-31-33/h6-15,25H,5,16-17H2,1-4H3,(H,29,35)/t25-/m0/s1. The second-order valence-corrected chi connectivity index (χ2v) is 9.46. The quantitative estimate of drug-likeness (QED) is 0.371. The summed E-state index contributed by atoms with van der Waals surface area (Å²) in [5.74, 6) is -0.148. The summed E-state index contributed by atoms with van der Waals surface area (Å²) in [5, 5.41) is 11.3. The van der Waals surface area contributed by atoms with Gasteiger partial charge in [0.05, 0.1) is 5.52 Å². The molecule has 0 bridgehead atoms. The van der Waals surface area contributed by atoms with Gasteiger partial charge in [0, 0.05) is 12.1 Å². The zero-order chi connectivity index (χ0) is 25.9. The first-order valence-electron chi connectivity index (χ1n) is 11.9. The topological polar surface area (TPSA) is 93.3 Å². The fourth-order valence-corrected chi connectivity index (χ4v) is 3.88. The predicted octanol–water partition coefficient (Wildman–Crippen LogP) is 4.55. The largest absolute Gasteiger partial charge is 0.464 e. The van der Waals surface area contributed by atoms with Crippen LogP contribution in [-0.2, 0) is 22.7 Å². The molecule has 0 aliphatic heterocycles. The molecule has 4 aromatic rings. The summed E-state index contributed by atoms with van der Waals surface area (Å²) in [6, 6.07) is 15.6. The van der Waals surface area contributed by atoms with Crippen molar-refractivity contribution < 1.29 is 18.4 Å². The number of benzene rings is 2. The minimum atomic E-state index is -1.04. The van der Waals surface area contributed by atoms with Crippen molar-refractivity contribution in [2.45, 2.75) is 58.8 Å². The van der Waals surface area contributed by atoms with Crippen molar-refractivity contribution in [3.8, 4) is 0 Å². The molecule has 0 saturated heterocycles. The highest BCUT2D eigenvalue weighted by molar-refractivity contribution is 5.89. The highest BCUT2D eigenvalue weighted by atomic mass is 19.1. The van der Waals surface area contributed by atoms with E-state index in [4.69, 9.17) is 4.42 Å². The molecule has 0 aliphatic carbocycles. The fraction of sp³-hybridized carbons (Fsp3) is 0.333. The molecule has 188 valence electrons. The van der Waals surface area contributed by atoms with Gasteiger partial charge >= 0.3 is 0 Å². The lowest BCUT2D eigenvalue weighted by molar-refractivity contribution is -0.143. The van der Waals surface area contributed by atoms with E-state index in [1.165, 1.54) is 21.7 Å². The molecule has 4 rings (SSSR count). The number of hydrogen-bond donors (Lipinski definition) is 1. The maximum absolute atomic E-state index is 13.8. The molecule has 1 atom stereocenters. The molecule has 2 aromatic carbocycles. The average Bonchev–Trinajstić information content (AvgIpc) is 3.46. The lowest BCUT2D eigenvalue weighted by Crippen LogP contribution is -2.50. The number of rotatable bonds is 9. The van der Waals surface area contributed by atoms with Crippen LogP contribution in [0.2, 0.25) is 0 Å². The summed E-state index contributed by atoms with van der Waals surface area (Å²) >= 11 is 0. The van der Waals surface area contributed by atoms with Gasteiger partial charge in [-0.15, -0.1) is 5.10 Å². The van der Waals surface area contributed by atoms with Crippen LogP contribution in [0.25, 0.3) is 11.0 Å². The summed E-state index contributed by atoms with van der Waals surface area (Å²) in [6.07, 6.45) is 0.694. The Bertz CT molecular complexity index is 1360. The highest BCUT2D eigenvalue weighted by Crippen LogP contribution is 2.27. The zero-order valence-corrected chi connectivity index (χ0v) is 20.9. The van der Waals surface area contributed by atoms with Gasteiger partial charge in [-0.05, 0) is 69.2 Å². The number of halogens is 1. The molecule has 2 heterocycles. The number of para-hydroxylation sites is 1. The van der Waals surface area contributed by atoms with Crippen LogP contribution in [0, 0.1) is 12.7 Å². The molecular weight excluding hydrogens is 461 g/mol. The molecule has 1 N–H and O–H groups in total. The van der Waals surface area contributed by atoms with Crippen molar-refractivity contribution in [1.29, 1.82) is 0 Å². The van der Waals surface area contributed by atoms with Crippen molar-refractivity contribution in [3.05, 3.63) is 83.6 Å². The van der Waals surface area contributed by atoms with Crippen molar-refractivity contribution in [2.24, 2.45) is 0 Å². The molecule has 0 saturated carbocycles. The van der Waals surface area contributed by atoms with Gasteiger partial charge in [-0.3, -0.25) is 9.59 Å². The molecule has 36 heavy (non-hydrogen) atoms. The number of fused-ring (bicyclic) bond motifs is 1. The van der Waals surface area contributed by atoms with Gasteiger partial charge in [-0.25, -0.2) is 9.07 Å². The molecular formula is C27H30FN5O3. The van der Waals surface area contributed by atoms with E-state index in [9.17, 15) is 14.0 Å². The van der Waals surface area contributed by atoms with Crippen molar-refractivity contribution in [2.75, 3.05) is 0 Å². The maximum Gasteiger partial charge on any atom is 0.251 e. The van der Waals surface area contributed by atoms with Crippen molar-refractivity contribution >= 4 is 22.8 Å². The third-order valence-electron chi connectivity index (χ3n) is 6.23. The van der Waals surface area contributed by atoms with E-state index in [2.05, 4.69) is 15.6 Å². The Morgan fingerprint density at radius 2 is 1.83 bits per heavy atom. The van der Waals surface area contributed by atoms with E-state index in [-0.39, 0.29) is 30.7 Å². The lowest BCUT2D eigenvalue weighted by Gasteiger charge is -2.33. The Balaban J connectivity index is 1.74. The van der Waals surface area contributed by atoms with Crippen LogP contribution in [-0.4, -0.2) is 37.2 Å². The molecule has 0 fully saturated rings. The summed E-state index contributed by atoms with van der Waals surface area (Å²) < 4.78 is 21.0. The van der Waals surface area contributed by atoms with Crippen molar-refractivity contribution in [1.82, 2.24) is 25.2 Å². The number of aromatic nitrogens is 3. The Morgan fingerprint density at radius 1 is 1.11 bits per heavy atom. The molecule has 0 unspecified atom stereocenters. The van der Waals surface area contributed by atoms with Gasteiger partial charge in [-0.1, -0.05) is 36.4 Å². The Kier molecular flexibility index (Phi) is 7.19. The molecule has 0 radical (unpaired) electrons. The highest BCUT2D eigenvalue weighted by Gasteiger charge is 2.36. The second-order valence-electron chi connectivity index (χ2n) is 9.46. The second kappa shape index (κ2) is 10.3. The average molecular weight is 492 g/mol. The summed E-state index contributed by atoms with van der Waals surface area (Å²) in [5.41, 5.74) is 1.54. The lowest BCUT2D eigenvalue weighted by atomic mass is 10.0. The van der Waals surface area contributed by atoms with E-state index < -0.39 is 11.6 Å². The number of carbonyl (C=O) groups excluding carboxylic acids is 2. The minimum absolute atomic E-state index is 0.0656. The Labute approximate surface area is 209 Å². The van der Waals surface area contributed by atoms with Crippen LogP contribution < -0.4 is 5.32 Å². The van der Waals surface area contributed by atoms with Crippen LogP contribution in [0.3, 0.4) is 0 Å². The zero-order valence-electron chi connectivity index (χ0n) is 20.9. The number of aryl methyl sites for hydroxylation is 1. The van der Waals surface area contributed by atoms with Gasteiger partial charge in [0.25, 0.3) is 5.91 Å². The third-order valence-corrected chi connectivity index (χ3v) is 6.23. The molecule has 2 amide bonds. The number of amides is 2. The van der Waals surface area contributed by atoms with Crippen LogP contribution >= 0.6 is 0 Å². The van der Waals surface area contributed by atoms with E-state index in [1.54, 1.807) is 31.2 Å². The number of carbonyl (C=O) groups is 2. The van der Waals surface area contributed by atoms with Gasteiger partial charge in [0.2, 0.25) is 5.91 Å².